The predicted octanol–water partition coefficient (Wildman–Crippen LogP) is -0.158. The first-order chi connectivity index (χ1) is 18.1. The van der Waals surface area contributed by atoms with Crippen LogP contribution >= 0.6 is 0 Å². The Morgan fingerprint density at radius 2 is 1.79 bits per heavy atom. The van der Waals surface area contributed by atoms with Crippen LogP contribution in [-0.2, 0) is 33.9 Å². The SMILES string of the molecule is C=CC(=O)NC[C@H](NC(=O)OC(C)(C)C)C(=O)N1CCC[C@H]1C(=O)N[C@]1(C(=O)NS(=O)(=O)C2CC2)C[C@H]1C=C. The van der Waals surface area contributed by atoms with Crippen molar-refractivity contribution in [2.45, 2.75) is 81.3 Å². The zero-order valence-corrected chi connectivity index (χ0v) is 23.3. The second-order valence-electron chi connectivity index (χ2n) is 11.0. The second kappa shape index (κ2) is 11.4. The van der Waals surface area contributed by atoms with E-state index < -0.39 is 74.1 Å². The summed E-state index contributed by atoms with van der Waals surface area (Å²) in [4.78, 5) is 65.3. The molecule has 2 aliphatic carbocycles. The number of hydrogen-bond acceptors (Lipinski definition) is 8. The van der Waals surface area contributed by atoms with Crippen LogP contribution in [0.3, 0.4) is 0 Å². The van der Waals surface area contributed by atoms with Crippen LogP contribution in [0.15, 0.2) is 25.3 Å². The number of nitrogens with one attached hydrogen (secondary N) is 4. The third-order valence-corrected chi connectivity index (χ3v) is 8.56. The molecule has 0 aromatic rings. The lowest BCUT2D eigenvalue weighted by atomic mass is 10.1. The van der Waals surface area contributed by atoms with Gasteiger partial charge in [-0.25, -0.2) is 13.2 Å². The van der Waals surface area contributed by atoms with Crippen molar-refractivity contribution >= 4 is 39.7 Å². The molecule has 14 heteroatoms. The first kappa shape index (κ1) is 30.1. The van der Waals surface area contributed by atoms with Crippen LogP contribution in [-0.4, -0.2) is 84.6 Å². The number of amides is 5. The Hall–Kier alpha value is -3.42. The molecule has 4 N–H and O–H groups in total. The summed E-state index contributed by atoms with van der Waals surface area (Å²) in [6.07, 6.45) is 3.48. The number of hydrogen-bond donors (Lipinski definition) is 4. The van der Waals surface area contributed by atoms with E-state index >= 15 is 0 Å². The molecule has 1 saturated heterocycles. The second-order valence-corrected chi connectivity index (χ2v) is 13.0. The zero-order chi connectivity index (χ0) is 29.2. The van der Waals surface area contributed by atoms with Crippen LogP contribution in [0.25, 0.3) is 0 Å². The van der Waals surface area contributed by atoms with Gasteiger partial charge in [-0.15, -0.1) is 6.58 Å². The van der Waals surface area contributed by atoms with E-state index in [-0.39, 0.29) is 25.9 Å². The van der Waals surface area contributed by atoms with Gasteiger partial charge in [0.2, 0.25) is 27.7 Å². The quantitative estimate of drug-likeness (QED) is 0.196. The molecule has 0 aromatic heterocycles. The highest BCUT2D eigenvalue weighted by Crippen LogP contribution is 2.45. The average Bonchev–Trinajstić information content (AvgIpc) is 3.76. The predicted molar refractivity (Wildman–Crippen MR) is 140 cm³/mol. The summed E-state index contributed by atoms with van der Waals surface area (Å²) in [5.41, 5.74) is -2.32. The van der Waals surface area contributed by atoms with Crippen molar-refractivity contribution in [1.82, 2.24) is 25.6 Å². The van der Waals surface area contributed by atoms with Gasteiger partial charge in [0.15, 0.2) is 0 Å². The van der Waals surface area contributed by atoms with Crippen molar-refractivity contribution in [3.63, 3.8) is 0 Å². The highest BCUT2D eigenvalue weighted by atomic mass is 32.2. The Labute approximate surface area is 228 Å². The van der Waals surface area contributed by atoms with Gasteiger partial charge in [-0.3, -0.25) is 23.9 Å². The molecule has 1 aliphatic heterocycles. The molecule has 1 heterocycles. The topological polar surface area (TPSA) is 180 Å². The van der Waals surface area contributed by atoms with Gasteiger partial charge in [0.05, 0.1) is 5.25 Å². The van der Waals surface area contributed by atoms with E-state index in [0.29, 0.717) is 19.3 Å². The Balaban J connectivity index is 1.74. The average molecular weight is 568 g/mol. The minimum Gasteiger partial charge on any atom is -0.444 e. The maximum atomic E-state index is 13.5. The maximum absolute atomic E-state index is 13.5. The lowest BCUT2D eigenvalue weighted by molar-refractivity contribution is -0.141. The molecule has 3 rings (SSSR count). The first-order valence-corrected chi connectivity index (χ1v) is 14.4. The van der Waals surface area contributed by atoms with E-state index in [0.717, 1.165) is 6.08 Å². The van der Waals surface area contributed by atoms with E-state index in [1.807, 2.05) is 0 Å². The molecule has 0 bridgehead atoms. The molecule has 13 nitrogen and oxygen atoms in total. The number of rotatable bonds is 11. The summed E-state index contributed by atoms with van der Waals surface area (Å²) in [5, 5.41) is 6.97. The minimum atomic E-state index is -3.83. The maximum Gasteiger partial charge on any atom is 0.408 e. The Kier molecular flexibility index (Phi) is 8.78. The number of carbonyl (C=O) groups excluding carboxylic acids is 5. The van der Waals surface area contributed by atoms with Crippen LogP contribution in [0.1, 0.15) is 52.9 Å². The summed E-state index contributed by atoms with van der Waals surface area (Å²) in [7, 11) is -3.83. The summed E-state index contributed by atoms with van der Waals surface area (Å²) < 4.78 is 32.0. The van der Waals surface area contributed by atoms with Crippen molar-refractivity contribution in [3.8, 4) is 0 Å². The van der Waals surface area contributed by atoms with Gasteiger partial charge in [-0.2, -0.15) is 0 Å². The monoisotopic (exact) mass is 567 g/mol. The first-order valence-electron chi connectivity index (χ1n) is 12.8. The van der Waals surface area contributed by atoms with Crippen molar-refractivity contribution in [2.24, 2.45) is 5.92 Å². The lowest BCUT2D eigenvalue weighted by Gasteiger charge is -2.30. The minimum absolute atomic E-state index is 0.172. The molecule has 0 radical (unpaired) electrons. The van der Waals surface area contributed by atoms with Crippen molar-refractivity contribution in [3.05, 3.63) is 25.3 Å². The molecule has 3 aliphatic rings. The van der Waals surface area contributed by atoms with Crippen molar-refractivity contribution in [2.75, 3.05) is 13.1 Å². The molecule has 5 amide bonds. The van der Waals surface area contributed by atoms with Gasteiger partial charge in [-0.05, 0) is 59.0 Å². The molecule has 2 saturated carbocycles. The molecular weight excluding hydrogens is 530 g/mol. The fourth-order valence-electron chi connectivity index (χ4n) is 4.45. The van der Waals surface area contributed by atoms with Crippen molar-refractivity contribution in [1.29, 1.82) is 0 Å². The normalized spacial score (nSPS) is 25.1. The van der Waals surface area contributed by atoms with Crippen LogP contribution in [0, 0.1) is 5.92 Å². The number of alkyl carbamates (subject to hydrolysis) is 1. The number of carbonyl (C=O) groups is 5. The Bertz CT molecular complexity index is 1160. The molecule has 0 unspecified atom stereocenters. The highest BCUT2D eigenvalue weighted by molar-refractivity contribution is 7.91. The van der Waals surface area contributed by atoms with Gasteiger partial charge in [-0.1, -0.05) is 12.7 Å². The van der Waals surface area contributed by atoms with Gasteiger partial charge >= 0.3 is 6.09 Å². The van der Waals surface area contributed by atoms with E-state index in [1.165, 1.54) is 11.0 Å². The standard InChI is InChI=1S/C25H37N5O8S/c1-6-15-13-25(15,22(34)29-39(36,37)16-10-11-16)28-20(32)18-9-8-12-30(18)21(33)17(14-26-19(31)7-2)27-23(35)38-24(3,4)5/h6-7,15-18H,1-2,8-14H2,3-5H3,(H,26,31)(H,27,35)(H,28,32)(H,29,34)/t15-,17+,18+,25-/m1/s1. The molecule has 3 fully saturated rings. The summed E-state index contributed by atoms with van der Waals surface area (Å²) >= 11 is 0. The number of nitrogens with zero attached hydrogens (tertiary/aromatic N) is 1. The molecule has 4 atom stereocenters. The fraction of sp³-hybridized carbons (Fsp3) is 0.640. The number of ether oxygens (including phenoxy) is 1. The molecule has 216 valence electrons. The highest BCUT2D eigenvalue weighted by Gasteiger charge is 2.61. The largest absolute Gasteiger partial charge is 0.444 e. The van der Waals surface area contributed by atoms with Gasteiger partial charge in [0.25, 0.3) is 5.91 Å². The Morgan fingerprint density at radius 3 is 2.33 bits per heavy atom. The third-order valence-electron chi connectivity index (χ3n) is 6.74. The summed E-state index contributed by atoms with van der Waals surface area (Å²) in [6, 6.07) is -2.23. The van der Waals surface area contributed by atoms with Gasteiger partial charge in [0, 0.05) is 19.0 Å². The van der Waals surface area contributed by atoms with E-state index in [9.17, 15) is 32.4 Å². The summed E-state index contributed by atoms with van der Waals surface area (Å²) in [5.74, 6) is -3.13. The molecule has 0 spiro atoms. The van der Waals surface area contributed by atoms with E-state index in [2.05, 4.69) is 33.8 Å². The lowest BCUT2D eigenvalue weighted by Crippen LogP contribution is -2.59. The summed E-state index contributed by atoms with van der Waals surface area (Å²) in [6.45, 7) is 11.9. The van der Waals surface area contributed by atoms with Crippen molar-refractivity contribution < 1.29 is 37.1 Å². The van der Waals surface area contributed by atoms with Gasteiger partial charge in [0.1, 0.15) is 23.2 Å². The fourth-order valence-corrected chi connectivity index (χ4v) is 5.81. The van der Waals surface area contributed by atoms with E-state index in [4.69, 9.17) is 4.74 Å². The third kappa shape index (κ3) is 7.37. The number of likely N-dealkylation sites (tertiary alicyclic amines) is 1. The van der Waals surface area contributed by atoms with E-state index in [1.54, 1.807) is 20.8 Å². The molecule has 39 heavy (non-hydrogen) atoms. The molecule has 0 aromatic carbocycles. The smallest absolute Gasteiger partial charge is 0.408 e. The molecular formula is C25H37N5O8S. The number of sulfonamides is 1. The Morgan fingerprint density at radius 1 is 1.13 bits per heavy atom. The van der Waals surface area contributed by atoms with Crippen LogP contribution in [0.2, 0.25) is 0 Å². The van der Waals surface area contributed by atoms with Crippen LogP contribution in [0.5, 0.6) is 0 Å². The zero-order valence-electron chi connectivity index (χ0n) is 22.4. The van der Waals surface area contributed by atoms with Gasteiger partial charge < -0.3 is 25.6 Å². The van der Waals surface area contributed by atoms with Crippen LogP contribution in [0.4, 0.5) is 4.79 Å². The van der Waals surface area contributed by atoms with Crippen LogP contribution < -0.4 is 20.7 Å².